The molecule has 0 aromatic heterocycles. The minimum Gasteiger partial charge on any atom is -0.372 e. The lowest BCUT2D eigenvalue weighted by atomic mass is 10.1. The molecule has 4 heteroatoms. The molecule has 1 aliphatic rings. The number of anilines is 2. The summed E-state index contributed by atoms with van der Waals surface area (Å²) in [6.07, 6.45) is 3.98. The molecule has 1 aliphatic heterocycles. The molecule has 0 amide bonds. The van der Waals surface area contributed by atoms with Crippen LogP contribution in [0.5, 0.6) is 0 Å². The maximum Gasteiger partial charge on any atom is 0.171 e. The third-order valence-corrected chi connectivity index (χ3v) is 4.67. The van der Waals surface area contributed by atoms with Crippen LogP contribution in [0.2, 0.25) is 0 Å². The molecule has 3 nitrogen and oxygen atoms in total. The van der Waals surface area contributed by atoms with Crippen LogP contribution in [0.15, 0.2) is 48.5 Å². The SMILES string of the molecule is Cc1ccc(NC(=S)NCc2ccc(N3CCCCC3)cc2)cc1. The van der Waals surface area contributed by atoms with E-state index in [2.05, 4.69) is 58.9 Å². The molecule has 0 unspecified atom stereocenters. The second-order valence-electron chi connectivity index (χ2n) is 6.39. The molecule has 1 heterocycles. The van der Waals surface area contributed by atoms with Gasteiger partial charge in [0.2, 0.25) is 0 Å². The molecule has 3 rings (SSSR count). The molecule has 1 fully saturated rings. The summed E-state index contributed by atoms with van der Waals surface area (Å²) in [5.41, 5.74) is 4.83. The summed E-state index contributed by atoms with van der Waals surface area (Å²) in [6.45, 7) is 5.18. The highest BCUT2D eigenvalue weighted by atomic mass is 32.1. The lowest BCUT2D eigenvalue weighted by Gasteiger charge is -2.28. The fraction of sp³-hybridized carbons (Fsp3) is 0.350. The monoisotopic (exact) mass is 339 g/mol. The molecule has 24 heavy (non-hydrogen) atoms. The lowest BCUT2D eigenvalue weighted by Crippen LogP contribution is -2.29. The van der Waals surface area contributed by atoms with Crippen molar-refractivity contribution in [3.8, 4) is 0 Å². The van der Waals surface area contributed by atoms with Crippen molar-refractivity contribution in [3.05, 3.63) is 59.7 Å². The van der Waals surface area contributed by atoms with Crippen molar-refractivity contribution < 1.29 is 0 Å². The number of nitrogens with zero attached hydrogens (tertiary/aromatic N) is 1. The molecule has 126 valence electrons. The lowest BCUT2D eigenvalue weighted by molar-refractivity contribution is 0.578. The molecule has 2 aromatic carbocycles. The fourth-order valence-corrected chi connectivity index (χ4v) is 3.16. The Kier molecular flexibility index (Phi) is 5.70. The Morgan fingerprint density at radius 2 is 1.62 bits per heavy atom. The largest absolute Gasteiger partial charge is 0.372 e. The van der Waals surface area contributed by atoms with Gasteiger partial charge in [0.05, 0.1) is 0 Å². The maximum absolute atomic E-state index is 5.37. The van der Waals surface area contributed by atoms with E-state index in [4.69, 9.17) is 12.2 Å². The summed E-state index contributed by atoms with van der Waals surface area (Å²) >= 11 is 5.37. The van der Waals surface area contributed by atoms with E-state index >= 15 is 0 Å². The second-order valence-corrected chi connectivity index (χ2v) is 6.80. The Hall–Kier alpha value is -2.07. The minimum absolute atomic E-state index is 0.652. The number of nitrogens with one attached hydrogen (secondary N) is 2. The predicted molar refractivity (Wildman–Crippen MR) is 107 cm³/mol. The quantitative estimate of drug-likeness (QED) is 0.804. The van der Waals surface area contributed by atoms with E-state index in [0.29, 0.717) is 5.11 Å². The molecule has 0 radical (unpaired) electrons. The highest BCUT2D eigenvalue weighted by molar-refractivity contribution is 7.80. The van der Waals surface area contributed by atoms with Crippen LogP contribution in [0.1, 0.15) is 30.4 Å². The molecular formula is C20H25N3S. The normalized spacial score (nSPS) is 14.3. The van der Waals surface area contributed by atoms with Crippen LogP contribution < -0.4 is 15.5 Å². The van der Waals surface area contributed by atoms with Crippen LogP contribution in [0.3, 0.4) is 0 Å². The van der Waals surface area contributed by atoms with Crippen molar-refractivity contribution in [1.29, 1.82) is 0 Å². The summed E-state index contributed by atoms with van der Waals surface area (Å²) in [6, 6.07) is 17.0. The van der Waals surface area contributed by atoms with Gasteiger partial charge in [0.15, 0.2) is 5.11 Å². The van der Waals surface area contributed by atoms with E-state index in [-0.39, 0.29) is 0 Å². The first-order valence-electron chi connectivity index (χ1n) is 8.66. The first kappa shape index (κ1) is 16.8. The van der Waals surface area contributed by atoms with Gasteiger partial charge in [-0.2, -0.15) is 0 Å². The average Bonchev–Trinajstić information content (AvgIpc) is 2.63. The van der Waals surface area contributed by atoms with Gasteiger partial charge in [-0.05, 0) is 68.2 Å². The number of piperidine rings is 1. The zero-order valence-corrected chi connectivity index (χ0v) is 15.0. The van der Waals surface area contributed by atoms with E-state index in [9.17, 15) is 0 Å². The highest BCUT2D eigenvalue weighted by Crippen LogP contribution is 2.20. The van der Waals surface area contributed by atoms with Crippen molar-refractivity contribution in [1.82, 2.24) is 5.32 Å². The Morgan fingerprint density at radius 3 is 2.29 bits per heavy atom. The van der Waals surface area contributed by atoms with E-state index in [1.54, 1.807) is 0 Å². The highest BCUT2D eigenvalue weighted by Gasteiger charge is 2.10. The van der Waals surface area contributed by atoms with Crippen LogP contribution in [0.4, 0.5) is 11.4 Å². The van der Waals surface area contributed by atoms with Crippen molar-refractivity contribution >= 4 is 28.7 Å². The van der Waals surface area contributed by atoms with Gasteiger partial charge in [-0.25, -0.2) is 0 Å². The van der Waals surface area contributed by atoms with E-state index < -0.39 is 0 Å². The smallest absolute Gasteiger partial charge is 0.171 e. The van der Waals surface area contributed by atoms with Gasteiger partial charge in [-0.1, -0.05) is 29.8 Å². The van der Waals surface area contributed by atoms with Gasteiger partial charge in [0.1, 0.15) is 0 Å². The molecule has 0 aliphatic carbocycles. The van der Waals surface area contributed by atoms with Gasteiger partial charge in [-0.3, -0.25) is 0 Å². The summed E-state index contributed by atoms with van der Waals surface area (Å²) in [7, 11) is 0. The zero-order chi connectivity index (χ0) is 16.8. The van der Waals surface area contributed by atoms with Gasteiger partial charge in [0.25, 0.3) is 0 Å². The first-order chi connectivity index (χ1) is 11.7. The summed E-state index contributed by atoms with van der Waals surface area (Å²) in [5, 5.41) is 7.13. The molecule has 2 aromatic rings. The maximum atomic E-state index is 5.37. The number of rotatable bonds is 4. The Morgan fingerprint density at radius 1 is 0.958 bits per heavy atom. The van der Waals surface area contributed by atoms with Gasteiger partial charge < -0.3 is 15.5 Å². The molecule has 0 bridgehead atoms. The third kappa shape index (κ3) is 4.71. The average molecular weight is 340 g/mol. The van der Waals surface area contributed by atoms with Crippen molar-refractivity contribution in [2.45, 2.75) is 32.7 Å². The fourth-order valence-electron chi connectivity index (χ4n) is 2.97. The van der Waals surface area contributed by atoms with Crippen LogP contribution in [0.25, 0.3) is 0 Å². The Labute approximate surface area is 150 Å². The summed E-state index contributed by atoms with van der Waals surface area (Å²) in [4.78, 5) is 2.48. The molecular weight excluding hydrogens is 314 g/mol. The Balaban J connectivity index is 1.49. The van der Waals surface area contributed by atoms with Gasteiger partial charge in [0, 0.05) is 31.0 Å². The van der Waals surface area contributed by atoms with Crippen LogP contribution in [-0.4, -0.2) is 18.2 Å². The van der Waals surface area contributed by atoms with Crippen molar-refractivity contribution in [3.63, 3.8) is 0 Å². The Bertz CT molecular complexity index is 658. The number of hydrogen-bond acceptors (Lipinski definition) is 2. The molecule has 0 atom stereocenters. The third-order valence-electron chi connectivity index (χ3n) is 4.42. The standard InChI is InChI=1S/C20H25N3S/c1-16-5-9-18(10-6-16)22-20(24)21-15-17-7-11-19(12-8-17)23-13-3-2-4-14-23/h5-12H,2-4,13-15H2,1H3,(H2,21,22,24). The van der Waals surface area contributed by atoms with Crippen molar-refractivity contribution in [2.75, 3.05) is 23.3 Å². The van der Waals surface area contributed by atoms with Crippen LogP contribution >= 0.6 is 12.2 Å². The van der Waals surface area contributed by atoms with E-state index in [0.717, 1.165) is 12.2 Å². The summed E-state index contributed by atoms with van der Waals surface area (Å²) in [5.74, 6) is 0. The van der Waals surface area contributed by atoms with Gasteiger partial charge in [-0.15, -0.1) is 0 Å². The minimum atomic E-state index is 0.652. The molecule has 0 spiro atoms. The van der Waals surface area contributed by atoms with Crippen molar-refractivity contribution in [2.24, 2.45) is 0 Å². The second kappa shape index (κ2) is 8.15. The van der Waals surface area contributed by atoms with E-state index in [1.807, 2.05) is 12.1 Å². The molecule has 0 saturated carbocycles. The van der Waals surface area contributed by atoms with Gasteiger partial charge >= 0.3 is 0 Å². The van der Waals surface area contributed by atoms with Crippen LogP contribution in [-0.2, 0) is 6.54 Å². The molecule has 2 N–H and O–H groups in total. The molecule has 1 saturated heterocycles. The first-order valence-corrected chi connectivity index (χ1v) is 9.07. The number of aryl methyl sites for hydroxylation is 1. The van der Waals surface area contributed by atoms with Crippen LogP contribution in [0, 0.1) is 6.92 Å². The number of benzene rings is 2. The number of thiocarbonyl (C=S) groups is 1. The summed E-state index contributed by atoms with van der Waals surface area (Å²) < 4.78 is 0. The van der Waals surface area contributed by atoms with E-state index in [1.165, 1.54) is 49.2 Å². The topological polar surface area (TPSA) is 27.3 Å². The predicted octanol–water partition coefficient (Wildman–Crippen LogP) is 4.47. The zero-order valence-electron chi connectivity index (χ0n) is 14.2. The number of hydrogen-bond donors (Lipinski definition) is 2.